The largest absolute Gasteiger partial charge is 0.449 e. The standard InChI is InChI=1S/C25H25N3O3/c1-28(2)24(29)23(15-17-11-13-26-14-12-17)27-25(30)31-16-22-20-9-5-3-7-18(20)19-8-4-6-10-21(19)22/h3-14,22-23H,15-16H2,1-2H3,(H,27,30)/t23-/m0/s1. The van der Waals surface area contributed by atoms with Crippen molar-refractivity contribution in [1.82, 2.24) is 15.2 Å². The Morgan fingerprint density at radius 1 is 0.968 bits per heavy atom. The van der Waals surface area contributed by atoms with E-state index in [0.717, 1.165) is 16.7 Å². The van der Waals surface area contributed by atoms with Crippen molar-refractivity contribution in [1.29, 1.82) is 0 Å². The van der Waals surface area contributed by atoms with E-state index in [1.807, 2.05) is 36.4 Å². The lowest BCUT2D eigenvalue weighted by Gasteiger charge is -2.22. The highest BCUT2D eigenvalue weighted by Crippen LogP contribution is 2.44. The molecule has 158 valence electrons. The number of carbonyl (C=O) groups excluding carboxylic acids is 2. The molecule has 1 aliphatic carbocycles. The number of likely N-dealkylation sites (N-methyl/N-ethyl adjacent to an activating group) is 1. The maximum atomic E-state index is 12.6. The topological polar surface area (TPSA) is 71.5 Å². The van der Waals surface area contributed by atoms with Gasteiger partial charge < -0.3 is 15.0 Å². The lowest BCUT2D eigenvalue weighted by Crippen LogP contribution is -2.47. The summed E-state index contributed by atoms with van der Waals surface area (Å²) in [5.74, 6) is -0.216. The summed E-state index contributed by atoms with van der Waals surface area (Å²) in [5.41, 5.74) is 5.55. The number of ether oxygens (including phenoxy) is 1. The molecule has 4 rings (SSSR count). The van der Waals surface area contributed by atoms with Gasteiger partial charge in [0.15, 0.2) is 0 Å². The van der Waals surface area contributed by atoms with Crippen LogP contribution in [0.4, 0.5) is 4.79 Å². The summed E-state index contributed by atoms with van der Waals surface area (Å²) in [6.45, 7) is 0.206. The Kier molecular flexibility index (Phi) is 5.98. The number of hydrogen-bond donors (Lipinski definition) is 1. The lowest BCUT2D eigenvalue weighted by molar-refractivity contribution is -0.130. The number of hydrogen-bond acceptors (Lipinski definition) is 4. The molecule has 1 aromatic heterocycles. The zero-order valence-corrected chi connectivity index (χ0v) is 17.6. The van der Waals surface area contributed by atoms with E-state index in [4.69, 9.17) is 4.74 Å². The molecular weight excluding hydrogens is 390 g/mol. The van der Waals surface area contributed by atoms with Crippen molar-refractivity contribution in [3.05, 3.63) is 89.7 Å². The molecule has 0 bridgehead atoms. The predicted octanol–water partition coefficient (Wildman–Crippen LogP) is 3.62. The molecule has 0 saturated heterocycles. The van der Waals surface area contributed by atoms with Crippen LogP contribution in [0.5, 0.6) is 0 Å². The van der Waals surface area contributed by atoms with E-state index < -0.39 is 12.1 Å². The van der Waals surface area contributed by atoms with E-state index in [0.29, 0.717) is 6.42 Å². The summed E-state index contributed by atoms with van der Waals surface area (Å²) in [6.07, 6.45) is 3.10. The summed E-state index contributed by atoms with van der Waals surface area (Å²) in [5, 5.41) is 2.75. The third kappa shape index (κ3) is 4.43. The second-order valence-electron chi connectivity index (χ2n) is 7.81. The Hall–Kier alpha value is -3.67. The maximum absolute atomic E-state index is 12.6. The van der Waals surface area contributed by atoms with Crippen LogP contribution >= 0.6 is 0 Å². The highest BCUT2D eigenvalue weighted by Gasteiger charge is 2.30. The fraction of sp³-hybridized carbons (Fsp3) is 0.240. The van der Waals surface area contributed by atoms with Crippen molar-refractivity contribution in [3.63, 3.8) is 0 Å². The van der Waals surface area contributed by atoms with Crippen LogP contribution in [0.25, 0.3) is 11.1 Å². The number of carbonyl (C=O) groups is 2. The Morgan fingerprint density at radius 2 is 1.55 bits per heavy atom. The monoisotopic (exact) mass is 415 g/mol. The number of aromatic nitrogens is 1. The van der Waals surface area contributed by atoms with Crippen LogP contribution in [0.3, 0.4) is 0 Å². The first kappa shape index (κ1) is 20.6. The van der Waals surface area contributed by atoms with E-state index >= 15 is 0 Å². The quantitative estimate of drug-likeness (QED) is 0.668. The second-order valence-corrected chi connectivity index (χ2v) is 7.81. The SMILES string of the molecule is CN(C)C(=O)[C@H](Cc1ccncc1)NC(=O)OCC1c2ccccc2-c2ccccc21. The fourth-order valence-corrected chi connectivity index (χ4v) is 4.05. The zero-order chi connectivity index (χ0) is 21.8. The summed E-state index contributed by atoms with van der Waals surface area (Å²) >= 11 is 0. The molecule has 1 heterocycles. The van der Waals surface area contributed by atoms with Crippen molar-refractivity contribution >= 4 is 12.0 Å². The summed E-state index contributed by atoms with van der Waals surface area (Å²) in [4.78, 5) is 30.7. The third-order valence-corrected chi connectivity index (χ3v) is 5.56. The first-order chi connectivity index (χ1) is 15.0. The van der Waals surface area contributed by atoms with Crippen molar-refractivity contribution < 1.29 is 14.3 Å². The molecule has 2 amide bonds. The van der Waals surface area contributed by atoms with Gasteiger partial charge in [-0.3, -0.25) is 9.78 Å². The molecule has 2 aromatic carbocycles. The average Bonchev–Trinajstić information content (AvgIpc) is 3.11. The number of nitrogens with one attached hydrogen (secondary N) is 1. The van der Waals surface area contributed by atoms with Crippen LogP contribution in [0, 0.1) is 0 Å². The fourth-order valence-electron chi connectivity index (χ4n) is 4.05. The minimum Gasteiger partial charge on any atom is -0.449 e. The second kappa shape index (κ2) is 9.00. The molecule has 0 radical (unpaired) electrons. The maximum Gasteiger partial charge on any atom is 0.407 e. The molecule has 3 aromatic rings. The van der Waals surface area contributed by atoms with Gasteiger partial charge in [-0.2, -0.15) is 0 Å². The molecule has 0 aliphatic heterocycles. The minimum atomic E-state index is -0.715. The van der Waals surface area contributed by atoms with Gasteiger partial charge >= 0.3 is 6.09 Å². The van der Waals surface area contributed by atoms with Crippen LogP contribution in [0.2, 0.25) is 0 Å². The van der Waals surface area contributed by atoms with Crippen LogP contribution in [0.1, 0.15) is 22.6 Å². The highest BCUT2D eigenvalue weighted by atomic mass is 16.5. The number of benzene rings is 2. The van der Waals surface area contributed by atoms with Gasteiger partial charge in [0.2, 0.25) is 5.91 Å². The van der Waals surface area contributed by atoms with Gasteiger partial charge in [0.1, 0.15) is 12.6 Å². The van der Waals surface area contributed by atoms with Crippen molar-refractivity contribution in [2.75, 3.05) is 20.7 Å². The Morgan fingerprint density at radius 3 is 2.13 bits per heavy atom. The molecule has 0 spiro atoms. The summed E-state index contributed by atoms with van der Waals surface area (Å²) in [6, 6.07) is 19.3. The lowest BCUT2D eigenvalue weighted by atomic mass is 9.98. The molecule has 1 aliphatic rings. The summed E-state index contributed by atoms with van der Waals surface area (Å²) < 4.78 is 5.60. The smallest absolute Gasteiger partial charge is 0.407 e. The molecule has 1 atom stereocenters. The number of alkyl carbamates (subject to hydrolysis) is 1. The normalized spacial score (nSPS) is 13.1. The van der Waals surface area contributed by atoms with Crippen LogP contribution < -0.4 is 5.32 Å². The van der Waals surface area contributed by atoms with Crippen molar-refractivity contribution in [2.45, 2.75) is 18.4 Å². The number of pyridine rings is 1. The first-order valence-electron chi connectivity index (χ1n) is 10.3. The molecule has 1 N–H and O–H groups in total. The zero-order valence-electron chi connectivity index (χ0n) is 17.6. The van der Waals surface area contributed by atoms with Crippen molar-refractivity contribution in [2.24, 2.45) is 0 Å². The molecule has 6 nitrogen and oxygen atoms in total. The van der Waals surface area contributed by atoms with Crippen LogP contribution in [-0.4, -0.2) is 48.6 Å². The van der Waals surface area contributed by atoms with E-state index in [1.54, 1.807) is 26.5 Å². The predicted molar refractivity (Wildman–Crippen MR) is 119 cm³/mol. The third-order valence-electron chi connectivity index (χ3n) is 5.56. The van der Waals surface area contributed by atoms with Gasteiger partial charge in [-0.25, -0.2) is 4.79 Å². The number of nitrogens with zero attached hydrogens (tertiary/aromatic N) is 2. The first-order valence-corrected chi connectivity index (χ1v) is 10.3. The number of rotatable bonds is 6. The molecule has 6 heteroatoms. The highest BCUT2D eigenvalue weighted by molar-refractivity contribution is 5.85. The number of fused-ring (bicyclic) bond motifs is 3. The Balaban J connectivity index is 1.46. The Bertz CT molecular complexity index is 1040. The van der Waals surface area contributed by atoms with E-state index in [2.05, 4.69) is 34.6 Å². The van der Waals surface area contributed by atoms with Crippen LogP contribution in [0.15, 0.2) is 73.1 Å². The summed E-state index contributed by atoms with van der Waals surface area (Å²) in [7, 11) is 3.34. The Labute approximate surface area is 181 Å². The molecular formula is C25H25N3O3. The van der Waals surface area contributed by atoms with Crippen molar-refractivity contribution in [3.8, 4) is 11.1 Å². The van der Waals surface area contributed by atoms with Gasteiger partial charge in [0, 0.05) is 38.8 Å². The van der Waals surface area contributed by atoms with Gasteiger partial charge in [0.25, 0.3) is 0 Å². The molecule has 31 heavy (non-hydrogen) atoms. The number of amides is 2. The van der Waals surface area contributed by atoms with Gasteiger partial charge in [-0.05, 0) is 39.9 Å². The molecule has 0 saturated carbocycles. The van der Waals surface area contributed by atoms with Gasteiger partial charge in [-0.1, -0.05) is 48.5 Å². The van der Waals surface area contributed by atoms with Gasteiger partial charge in [-0.15, -0.1) is 0 Å². The minimum absolute atomic E-state index is 0.0265. The van der Waals surface area contributed by atoms with Gasteiger partial charge in [0.05, 0.1) is 0 Å². The molecule has 0 unspecified atom stereocenters. The van der Waals surface area contributed by atoms with E-state index in [-0.39, 0.29) is 18.4 Å². The van der Waals surface area contributed by atoms with Crippen LogP contribution in [-0.2, 0) is 16.0 Å². The van der Waals surface area contributed by atoms with E-state index in [9.17, 15) is 9.59 Å². The molecule has 0 fully saturated rings. The van der Waals surface area contributed by atoms with E-state index in [1.165, 1.54) is 16.0 Å². The average molecular weight is 415 g/mol.